The number of nitrogens with one attached hydrogen (secondary N) is 1. The van der Waals surface area contributed by atoms with Gasteiger partial charge in [-0.2, -0.15) is 5.10 Å². The van der Waals surface area contributed by atoms with E-state index in [1.807, 2.05) is 30.3 Å². The summed E-state index contributed by atoms with van der Waals surface area (Å²) in [6, 6.07) is 16.6. The van der Waals surface area contributed by atoms with E-state index in [4.69, 9.17) is 9.47 Å². The van der Waals surface area contributed by atoms with E-state index in [9.17, 15) is 9.59 Å². The third-order valence-electron chi connectivity index (χ3n) is 5.21. The summed E-state index contributed by atoms with van der Waals surface area (Å²) < 4.78 is 12.3. The third-order valence-corrected chi connectivity index (χ3v) is 5.21. The zero-order valence-corrected chi connectivity index (χ0v) is 17.5. The first kappa shape index (κ1) is 20.5. The first-order chi connectivity index (χ1) is 15.1. The van der Waals surface area contributed by atoms with E-state index in [1.54, 1.807) is 48.1 Å². The van der Waals surface area contributed by atoms with E-state index < -0.39 is 0 Å². The second-order valence-electron chi connectivity index (χ2n) is 7.24. The summed E-state index contributed by atoms with van der Waals surface area (Å²) in [6.45, 7) is 1.83. The van der Waals surface area contributed by atoms with Crippen LogP contribution >= 0.6 is 0 Å². The van der Waals surface area contributed by atoms with Crippen molar-refractivity contribution < 1.29 is 19.1 Å². The molecule has 8 nitrogen and oxygen atoms in total. The molecule has 0 spiro atoms. The third kappa shape index (κ3) is 4.53. The van der Waals surface area contributed by atoms with Gasteiger partial charge < -0.3 is 19.7 Å². The summed E-state index contributed by atoms with van der Waals surface area (Å²) in [7, 11) is 3.10. The van der Waals surface area contributed by atoms with Crippen molar-refractivity contribution >= 4 is 11.8 Å². The monoisotopic (exact) mass is 420 g/mol. The van der Waals surface area contributed by atoms with Gasteiger partial charge in [0.05, 0.1) is 33.0 Å². The molecule has 31 heavy (non-hydrogen) atoms. The topological polar surface area (TPSA) is 85.7 Å². The molecule has 0 bridgehead atoms. The molecule has 1 aliphatic heterocycles. The maximum absolute atomic E-state index is 13.1. The minimum Gasteiger partial charge on any atom is -0.497 e. The second kappa shape index (κ2) is 8.91. The van der Waals surface area contributed by atoms with E-state index in [-0.39, 0.29) is 11.8 Å². The molecule has 160 valence electrons. The zero-order valence-electron chi connectivity index (χ0n) is 17.5. The van der Waals surface area contributed by atoms with Crippen LogP contribution in [0.25, 0.3) is 0 Å². The molecular formula is C23H24N4O4. The average molecular weight is 420 g/mol. The Morgan fingerprint density at radius 1 is 1.00 bits per heavy atom. The summed E-state index contributed by atoms with van der Waals surface area (Å²) >= 11 is 0. The molecule has 3 aromatic rings. The number of hydrogen-bond donors (Lipinski definition) is 1. The highest BCUT2D eigenvalue weighted by atomic mass is 16.5. The number of methoxy groups -OCH3 is 2. The summed E-state index contributed by atoms with van der Waals surface area (Å²) in [5.74, 6) is 0.755. The van der Waals surface area contributed by atoms with E-state index in [2.05, 4.69) is 10.4 Å². The lowest BCUT2D eigenvalue weighted by molar-refractivity contribution is 0.0704. The highest BCUT2D eigenvalue weighted by Crippen LogP contribution is 2.25. The fourth-order valence-corrected chi connectivity index (χ4v) is 3.53. The Bertz CT molecular complexity index is 1070. The molecule has 1 aromatic heterocycles. The van der Waals surface area contributed by atoms with Gasteiger partial charge in [-0.05, 0) is 23.8 Å². The van der Waals surface area contributed by atoms with Crippen molar-refractivity contribution in [2.45, 2.75) is 19.6 Å². The predicted octanol–water partition coefficient (Wildman–Crippen LogP) is 2.49. The number of fused-ring (bicyclic) bond motifs is 1. The number of aromatic nitrogens is 2. The molecule has 0 atom stereocenters. The number of hydrogen-bond acceptors (Lipinski definition) is 5. The molecule has 1 N–H and O–H groups in total. The lowest BCUT2D eigenvalue weighted by Gasteiger charge is -2.28. The van der Waals surface area contributed by atoms with Crippen molar-refractivity contribution in [1.82, 2.24) is 20.0 Å². The molecule has 1 aliphatic rings. The number of carbonyl (C=O) groups excluding carboxylic acids is 2. The molecule has 0 aliphatic carbocycles. The van der Waals surface area contributed by atoms with Crippen LogP contribution in [0.1, 0.15) is 32.1 Å². The first-order valence-corrected chi connectivity index (χ1v) is 9.98. The number of amides is 2. The van der Waals surface area contributed by atoms with Crippen LogP contribution in [0.4, 0.5) is 0 Å². The fourth-order valence-electron chi connectivity index (χ4n) is 3.53. The molecule has 0 saturated carbocycles. The minimum absolute atomic E-state index is 0.125. The average Bonchev–Trinajstić information content (AvgIpc) is 3.26. The van der Waals surface area contributed by atoms with Gasteiger partial charge in [0, 0.05) is 24.7 Å². The van der Waals surface area contributed by atoms with Gasteiger partial charge in [0.1, 0.15) is 11.5 Å². The largest absolute Gasteiger partial charge is 0.497 e. The van der Waals surface area contributed by atoms with Crippen molar-refractivity contribution in [2.75, 3.05) is 20.8 Å². The van der Waals surface area contributed by atoms with E-state index in [1.165, 1.54) is 0 Å². The molecule has 2 heterocycles. The summed E-state index contributed by atoms with van der Waals surface area (Å²) in [6.07, 6.45) is 0. The van der Waals surface area contributed by atoms with Gasteiger partial charge in [-0.25, -0.2) is 0 Å². The minimum atomic E-state index is -0.235. The Balaban J connectivity index is 1.45. The van der Waals surface area contributed by atoms with Crippen LogP contribution in [0, 0.1) is 0 Å². The van der Waals surface area contributed by atoms with Crippen LogP contribution in [0.15, 0.2) is 54.6 Å². The van der Waals surface area contributed by atoms with Crippen LogP contribution in [0.5, 0.6) is 11.5 Å². The lowest BCUT2D eigenvalue weighted by Crippen LogP contribution is -2.38. The van der Waals surface area contributed by atoms with E-state index in [0.717, 1.165) is 11.3 Å². The molecule has 4 rings (SSSR count). The summed E-state index contributed by atoms with van der Waals surface area (Å²) in [5.41, 5.74) is 2.68. The molecule has 0 radical (unpaired) electrons. The lowest BCUT2D eigenvalue weighted by atomic mass is 10.1. The highest BCUT2D eigenvalue weighted by Gasteiger charge is 2.25. The molecule has 0 unspecified atom stereocenters. The number of carbonyl (C=O) groups is 2. The molecule has 8 heteroatoms. The zero-order chi connectivity index (χ0) is 21.8. The van der Waals surface area contributed by atoms with Gasteiger partial charge in [-0.1, -0.05) is 30.3 Å². The Labute approximate surface area is 180 Å². The molecule has 2 amide bonds. The predicted molar refractivity (Wildman–Crippen MR) is 114 cm³/mol. The highest BCUT2D eigenvalue weighted by molar-refractivity contribution is 5.95. The summed E-state index contributed by atoms with van der Waals surface area (Å²) in [4.78, 5) is 27.3. The Kier molecular flexibility index (Phi) is 5.88. The van der Waals surface area contributed by atoms with Gasteiger partial charge in [-0.15, -0.1) is 0 Å². The molecular weight excluding hydrogens is 396 g/mol. The smallest absolute Gasteiger partial charge is 0.272 e. The Morgan fingerprint density at radius 2 is 1.71 bits per heavy atom. The van der Waals surface area contributed by atoms with Crippen molar-refractivity contribution in [3.05, 3.63) is 77.1 Å². The van der Waals surface area contributed by atoms with Crippen LogP contribution in [-0.2, 0) is 19.6 Å². The van der Waals surface area contributed by atoms with E-state index in [0.29, 0.717) is 48.9 Å². The number of benzene rings is 2. The van der Waals surface area contributed by atoms with Gasteiger partial charge in [0.2, 0.25) is 0 Å². The van der Waals surface area contributed by atoms with Gasteiger partial charge in [0.25, 0.3) is 11.8 Å². The fraction of sp³-hybridized carbons (Fsp3) is 0.261. The summed E-state index contributed by atoms with van der Waals surface area (Å²) in [5, 5.41) is 7.30. The maximum Gasteiger partial charge on any atom is 0.272 e. The Morgan fingerprint density at radius 3 is 2.39 bits per heavy atom. The molecule has 0 saturated heterocycles. The van der Waals surface area contributed by atoms with Gasteiger partial charge >= 0.3 is 0 Å². The quantitative estimate of drug-likeness (QED) is 0.662. The van der Waals surface area contributed by atoms with Crippen molar-refractivity contribution in [2.24, 2.45) is 0 Å². The van der Waals surface area contributed by atoms with Crippen molar-refractivity contribution in [3.8, 4) is 11.5 Å². The van der Waals surface area contributed by atoms with Crippen molar-refractivity contribution in [3.63, 3.8) is 0 Å². The second-order valence-corrected chi connectivity index (χ2v) is 7.24. The van der Waals surface area contributed by atoms with Gasteiger partial charge in [-0.3, -0.25) is 14.3 Å². The normalized spacial score (nSPS) is 12.8. The Hall–Kier alpha value is -3.81. The van der Waals surface area contributed by atoms with E-state index >= 15 is 0 Å². The molecule has 0 fully saturated rings. The number of nitrogens with zero attached hydrogens (tertiary/aromatic N) is 3. The first-order valence-electron chi connectivity index (χ1n) is 9.98. The van der Waals surface area contributed by atoms with Gasteiger partial charge in [0.15, 0.2) is 5.69 Å². The number of ether oxygens (including phenoxy) is 2. The molecule has 2 aromatic carbocycles. The van der Waals surface area contributed by atoms with Crippen LogP contribution < -0.4 is 14.8 Å². The maximum atomic E-state index is 13.1. The van der Waals surface area contributed by atoms with Crippen molar-refractivity contribution in [1.29, 1.82) is 0 Å². The SMILES string of the molecule is COc1cc(OC)cc(C(=O)N2CCn3nc(C(=O)NCc4ccccc4)cc3C2)c1. The number of rotatable bonds is 6. The van der Waals surface area contributed by atoms with Crippen LogP contribution in [-0.4, -0.2) is 47.3 Å². The van der Waals surface area contributed by atoms with Crippen LogP contribution in [0.3, 0.4) is 0 Å². The van der Waals surface area contributed by atoms with Crippen LogP contribution in [0.2, 0.25) is 0 Å². The standard InChI is InChI=1S/C23H24N4O4/c1-30-19-10-17(11-20(13-19)31-2)23(29)26-8-9-27-18(15-26)12-21(25-27)22(28)24-14-16-6-4-3-5-7-16/h3-7,10-13H,8-9,14-15H2,1-2H3,(H,24,28).